The van der Waals surface area contributed by atoms with Crippen LogP contribution in [-0.4, -0.2) is 12.5 Å². The fourth-order valence-electron chi connectivity index (χ4n) is 2.02. The quantitative estimate of drug-likeness (QED) is 0.884. The highest BCUT2D eigenvalue weighted by molar-refractivity contribution is 5.92. The first-order valence-electron chi connectivity index (χ1n) is 6.90. The van der Waals surface area contributed by atoms with Gasteiger partial charge in [0.05, 0.1) is 6.54 Å². The molecule has 1 atom stereocenters. The number of amides is 1. The van der Waals surface area contributed by atoms with Gasteiger partial charge in [0, 0.05) is 11.7 Å². The lowest BCUT2D eigenvalue weighted by molar-refractivity contribution is -0.115. The highest BCUT2D eigenvalue weighted by Gasteiger charge is 2.08. The number of rotatable bonds is 5. The molecule has 1 unspecified atom stereocenters. The van der Waals surface area contributed by atoms with Crippen LogP contribution in [0.2, 0.25) is 0 Å². The summed E-state index contributed by atoms with van der Waals surface area (Å²) >= 11 is 0. The minimum absolute atomic E-state index is 0.0202. The number of hydrogen-bond donors (Lipinski definition) is 2. The van der Waals surface area contributed by atoms with Gasteiger partial charge in [-0.2, -0.15) is 0 Å². The molecule has 0 radical (unpaired) electrons. The van der Waals surface area contributed by atoms with Crippen molar-refractivity contribution in [2.45, 2.75) is 19.9 Å². The average molecular weight is 286 g/mol. The van der Waals surface area contributed by atoms with E-state index in [2.05, 4.69) is 10.6 Å². The number of carbonyl (C=O) groups is 1. The monoisotopic (exact) mass is 286 g/mol. The minimum atomic E-state index is -0.261. The molecule has 110 valence electrons. The van der Waals surface area contributed by atoms with Gasteiger partial charge in [0.15, 0.2) is 0 Å². The second-order valence-corrected chi connectivity index (χ2v) is 5.02. The maximum absolute atomic E-state index is 12.9. The van der Waals surface area contributed by atoms with E-state index in [1.807, 2.05) is 38.1 Å². The number of para-hydroxylation sites is 1. The van der Waals surface area contributed by atoms with Crippen LogP contribution in [0.3, 0.4) is 0 Å². The van der Waals surface area contributed by atoms with Gasteiger partial charge >= 0.3 is 0 Å². The molecule has 21 heavy (non-hydrogen) atoms. The molecule has 3 nitrogen and oxygen atoms in total. The van der Waals surface area contributed by atoms with E-state index in [1.165, 1.54) is 12.1 Å². The summed E-state index contributed by atoms with van der Waals surface area (Å²) in [6.07, 6.45) is 0. The molecule has 0 saturated carbocycles. The van der Waals surface area contributed by atoms with E-state index in [1.54, 1.807) is 12.1 Å². The van der Waals surface area contributed by atoms with Crippen LogP contribution in [0.25, 0.3) is 0 Å². The van der Waals surface area contributed by atoms with Crippen LogP contribution in [0, 0.1) is 12.7 Å². The predicted octanol–water partition coefficient (Wildman–Crippen LogP) is 3.42. The first-order chi connectivity index (χ1) is 10.1. The van der Waals surface area contributed by atoms with Gasteiger partial charge in [0.1, 0.15) is 5.82 Å². The summed E-state index contributed by atoms with van der Waals surface area (Å²) in [6, 6.07) is 13.9. The van der Waals surface area contributed by atoms with Gasteiger partial charge in [0.2, 0.25) is 5.91 Å². The summed E-state index contributed by atoms with van der Waals surface area (Å²) in [5.41, 5.74) is 2.79. The lowest BCUT2D eigenvalue weighted by Crippen LogP contribution is -2.30. The molecular formula is C17H19FN2O. The first kappa shape index (κ1) is 15.2. The standard InChI is InChI=1S/C17H19FN2O/c1-12-5-3-4-6-16(12)20-17(21)11-19-13(2)14-7-9-15(18)10-8-14/h3-10,13,19H,11H2,1-2H3,(H,20,21). The van der Waals surface area contributed by atoms with E-state index in [0.717, 1.165) is 16.8 Å². The molecule has 2 aromatic rings. The molecule has 0 spiro atoms. The lowest BCUT2D eigenvalue weighted by atomic mass is 10.1. The largest absolute Gasteiger partial charge is 0.325 e. The Morgan fingerprint density at radius 1 is 1.14 bits per heavy atom. The molecule has 2 aromatic carbocycles. The molecule has 0 bridgehead atoms. The Labute approximate surface area is 124 Å². The van der Waals surface area contributed by atoms with Crippen LogP contribution in [0.15, 0.2) is 48.5 Å². The topological polar surface area (TPSA) is 41.1 Å². The van der Waals surface area contributed by atoms with E-state index < -0.39 is 0 Å². The SMILES string of the molecule is Cc1ccccc1NC(=O)CNC(C)c1ccc(F)cc1. The van der Waals surface area contributed by atoms with Crippen LogP contribution in [0.5, 0.6) is 0 Å². The van der Waals surface area contributed by atoms with Crippen molar-refractivity contribution in [3.63, 3.8) is 0 Å². The van der Waals surface area contributed by atoms with Gasteiger partial charge in [0.25, 0.3) is 0 Å². The number of aryl methyl sites for hydroxylation is 1. The zero-order chi connectivity index (χ0) is 15.2. The van der Waals surface area contributed by atoms with Gasteiger partial charge in [-0.3, -0.25) is 4.79 Å². The molecule has 4 heteroatoms. The summed E-state index contributed by atoms with van der Waals surface area (Å²) in [5.74, 6) is -0.360. The Morgan fingerprint density at radius 3 is 2.48 bits per heavy atom. The fourth-order valence-corrected chi connectivity index (χ4v) is 2.02. The number of halogens is 1. The van der Waals surface area contributed by atoms with Crippen molar-refractivity contribution < 1.29 is 9.18 Å². The Balaban J connectivity index is 1.86. The normalized spacial score (nSPS) is 12.0. The first-order valence-corrected chi connectivity index (χ1v) is 6.90. The molecule has 1 amide bonds. The number of benzene rings is 2. The van der Waals surface area contributed by atoms with Gasteiger partial charge in [-0.1, -0.05) is 30.3 Å². The number of anilines is 1. The zero-order valence-corrected chi connectivity index (χ0v) is 12.2. The predicted molar refractivity (Wildman–Crippen MR) is 82.6 cm³/mol. The second-order valence-electron chi connectivity index (χ2n) is 5.02. The third-order valence-electron chi connectivity index (χ3n) is 3.36. The number of carbonyl (C=O) groups excluding carboxylic acids is 1. The molecular weight excluding hydrogens is 267 g/mol. The highest BCUT2D eigenvalue weighted by atomic mass is 19.1. The maximum atomic E-state index is 12.9. The Hall–Kier alpha value is -2.20. The van der Waals surface area contributed by atoms with Crippen LogP contribution >= 0.6 is 0 Å². The van der Waals surface area contributed by atoms with Crippen molar-refractivity contribution in [1.29, 1.82) is 0 Å². The molecule has 0 heterocycles. The molecule has 2 rings (SSSR count). The van der Waals surface area contributed by atoms with E-state index in [-0.39, 0.29) is 24.3 Å². The Morgan fingerprint density at radius 2 is 1.81 bits per heavy atom. The summed E-state index contributed by atoms with van der Waals surface area (Å²) < 4.78 is 12.9. The molecule has 0 aliphatic heterocycles. The van der Waals surface area contributed by atoms with Crippen molar-refractivity contribution in [2.24, 2.45) is 0 Å². The molecule has 0 aromatic heterocycles. The molecule has 2 N–H and O–H groups in total. The van der Waals surface area contributed by atoms with Crippen LogP contribution < -0.4 is 10.6 Å². The van der Waals surface area contributed by atoms with Crippen molar-refractivity contribution in [2.75, 3.05) is 11.9 Å². The van der Waals surface area contributed by atoms with E-state index >= 15 is 0 Å². The second kappa shape index (κ2) is 6.99. The summed E-state index contributed by atoms with van der Waals surface area (Å²) in [4.78, 5) is 11.9. The minimum Gasteiger partial charge on any atom is -0.325 e. The summed E-state index contributed by atoms with van der Waals surface area (Å²) in [7, 11) is 0. The maximum Gasteiger partial charge on any atom is 0.238 e. The van der Waals surface area contributed by atoms with E-state index in [0.29, 0.717) is 0 Å². The Bertz CT molecular complexity index is 610. The van der Waals surface area contributed by atoms with Crippen molar-refractivity contribution in [3.8, 4) is 0 Å². The number of hydrogen-bond acceptors (Lipinski definition) is 2. The summed E-state index contributed by atoms with van der Waals surface area (Å²) in [5, 5.41) is 5.99. The van der Waals surface area contributed by atoms with Crippen molar-refractivity contribution in [1.82, 2.24) is 5.32 Å². The third kappa shape index (κ3) is 4.39. The fraction of sp³-hybridized carbons (Fsp3) is 0.235. The van der Waals surface area contributed by atoms with Crippen LogP contribution in [0.1, 0.15) is 24.1 Å². The summed E-state index contributed by atoms with van der Waals surface area (Å²) in [6.45, 7) is 4.09. The van der Waals surface area contributed by atoms with Crippen molar-refractivity contribution in [3.05, 3.63) is 65.5 Å². The molecule has 0 fully saturated rings. The molecule has 0 aliphatic rings. The van der Waals surface area contributed by atoms with E-state index in [4.69, 9.17) is 0 Å². The van der Waals surface area contributed by atoms with E-state index in [9.17, 15) is 9.18 Å². The van der Waals surface area contributed by atoms with Crippen molar-refractivity contribution >= 4 is 11.6 Å². The molecule has 0 saturated heterocycles. The smallest absolute Gasteiger partial charge is 0.238 e. The third-order valence-corrected chi connectivity index (χ3v) is 3.36. The van der Waals surface area contributed by atoms with Gasteiger partial charge in [-0.05, 0) is 43.2 Å². The average Bonchev–Trinajstić information content (AvgIpc) is 2.48. The van der Waals surface area contributed by atoms with Gasteiger partial charge in [-0.15, -0.1) is 0 Å². The van der Waals surface area contributed by atoms with Gasteiger partial charge in [-0.25, -0.2) is 4.39 Å². The zero-order valence-electron chi connectivity index (χ0n) is 12.2. The highest BCUT2D eigenvalue weighted by Crippen LogP contribution is 2.14. The van der Waals surface area contributed by atoms with Crippen LogP contribution in [-0.2, 0) is 4.79 Å². The van der Waals surface area contributed by atoms with Gasteiger partial charge < -0.3 is 10.6 Å². The Kier molecular flexibility index (Phi) is 5.06. The molecule has 0 aliphatic carbocycles. The number of nitrogens with one attached hydrogen (secondary N) is 2. The lowest BCUT2D eigenvalue weighted by Gasteiger charge is -2.14. The van der Waals surface area contributed by atoms with Crippen LogP contribution in [0.4, 0.5) is 10.1 Å².